The fourth-order valence-electron chi connectivity index (χ4n) is 9.16. The summed E-state index contributed by atoms with van der Waals surface area (Å²) >= 11 is 3.67. The molecule has 2 amide bonds. The molecule has 0 bridgehead atoms. The van der Waals surface area contributed by atoms with Crippen LogP contribution in [0, 0.1) is 6.92 Å². The number of nitrogens with zero attached hydrogens (tertiary/aromatic N) is 7. The number of furan rings is 1. The number of thioether (sulfide) groups is 2. The van der Waals surface area contributed by atoms with E-state index in [1.165, 1.54) is 57.8 Å². The summed E-state index contributed by atoms with van der Waals surface area (Å²) in [4.78, 5) is 88.5. The highest BCUT2D eigenvalue weighted by Gasteiger charge is 2.54. The molecule has 0 unspecified atom stereocenters. The van der Waals surface area contributed by atoms with Crippen molar-refractivity contribution in [3.05, 3.63) is 244 Å². The second-order valence-electron chi connectivity index (χ2n) is 17.7. The number of fused-ring (bicyclic) bond motifs is 2. The summed E-state index contributed by atoms with van der Waals surface area (Å²) in [5.41, 5.74) is 3.58. The summed E-state index contributed by atoms with van der Waals surface area (Å²) in [7, 11) is 0. The number of carbonyl (C=O) groups excluding carboxylic acids is 4. The van der Waals surface area contributed by atoms with Crippen molar-refractivity contribution in [1.29, 1.82) is 0 Å². The Balaban J connectivity index is 0.832. The number of esters is 1. The van der Waals surface area contributed by atoms with Crippen molar-refractivity contribution in [3.63, 3.8) is 0 Å². The van der Waals surface area contributed by atoms with Gasteiger partial charge in [0.05, 0.1) is 6.26 Å². The van der Waals surface area contributed by atoms with Crippen LogP contribution in [0.2, 0.25) is 0 Å². The lowest BCUT2D eigenvalue weighted by Crippen LogP contribution is -2.71. The van der Waals surface area contributed by atoms with Crippen molar-refractivity contribution in [3.8, 4) is 0 Å². The first-order valence-electron chi connectivity index (χ1n) is 24.2. The third-order valence-electron chi connectivity index (χ3n) is 12.8. The highest BCUT2D eigenvalue weighted by Crippen LogP contribution is 2.43. The molecule has 0 spiro atoms. The summed E-state index contributed by atoms with van der Waals surface area (Å²) in [5.74, 6) is -4.69. The average molecular weight is 1090 g/mol. The molecule has 4 aromatic heterocycles. The minimum atomic E-state index is -1.34. The van der Waals surface area contributed by atoms with Gasteiger partial charge >= 0.3 is 17.9 Å². The molecule has 3 N–H and O–H groups in total. The first-order chi connectivity index (χ1) is 38.0. The standard InChI is InChI=1S/C57H43N9O9S3/c1-34-30-43(66-55(58-34)61-48(63-66)54(72)74-47(35-18-7-2-8-19-35)36-20-9-3-10-21-36)76-31-37-32-77-51-45(50(68)65(51)46(37)52(69)70)60-49(67)44(64-75-53(71)42-28-17-29-73-42)41-33-78-56(59-41)62-57(38-22-11-4-12-23-38,39-24-13-5-14-25-39)40-26-15-6-16-27-40/h2-30,33,45,47,51H,31-32H2,1H3,(H,59,62)(H,60,67)(H,69,70)/t45-,51-/m1/s1. The largest absolute Gasteiger partial charge is 0.477 e. The number of hydrogen-bond acceptors (Lipinski definition) is 17. The molecule has 0 saturated carbocycles. The first kappa shape index (κ1) is 51.0. The maximum atomic E-state index is 14.5. The van der Waals surface area contributed by atoms with E-state index in [-0.39, 0.29) is 40.3 Å². The van der Waals surface area contributed by atoms with E-state index >= 15 is 0 Å². The van der Waals surface area contributed by atoms with E-state index in [1.807, 2.05) is 152 Å². The molecular weight excluding hydrogens is 1050 g/mol. The Hall–Kier alpha value is -9.18. The van der Waals surface area contributed by atoms with Gasteiger partial charge in [-0.15, -0.1) is 40.0 Å². The lowest BCUT2D eigenvalue weighted by Gasteiger charge is -2.49. The number of aryl methyl sites for hydroxylation is 1. The molecule has 1 fully saturated rings. The molecule has 0 radical (unpaired) electrons. The second-order valence-corrected chi connectivity index (χ2v) is 20.7. The predicted octanol–water partition coefficient (Wildman–Crippen LogP) is 8.92. The van der Waals surface area contributed by atoms with Crippen molar-refractivity contribution >= 4 is 81.2 Å². The number of benzene rings is 5. The average Bonchev–Trinajstić information content (AvgIpc) is 4.38. The van der Waals surface area contributed by atoms with Gasteiger partial charge in [0.15, 0.2) is 16.9 Å². The molecule has 9 aromatic rings. The maximum absolute atomic E-state index is 14.5. The van der Waals surface area contributed by atoms with Crippen LogP contribution in [0.1, 0.15) is 66.5 Å². The van der Waals surface area contributed by atoms with E-state index in [0.717, 1.165) is 32.7 Å². The number of ether oxygens (including phenoxy) is 1. The lowest BCUT2D eigenvalue weighted by molar-refractivity contribution is -0.150. The molecule has 388 valence electrons. The van der Waals surface area contributed by atoms with Gasteiger partial charge in [0.2, 0.25) is 5.76 Å². The van der Waals surface area contributed by atoms with Crippen molar-refractivity contribution in [1.82, 2.24) is 34.8 Å². The first-order valence-corrected chi connectivity index (χ1v) is 27.1. The monoisotopic (exact) mass is 1090 g/mol. The molecule has 78 heavy (non-hydrogen) atoms. The number of carboxylic acids is 1. The number of oxime groups is 1. The number of aromatic nitrogens is 5. The van der Waals surface area contributed by atoms with E-state index < -0.39 is 58.5 Å². The summed E-state index contributed by atoms with van der Waals surface area (Å²) in [5, 5.41) is 27.1. The van der Waals surface area contributed by atoms with Gasteiger partial charge < -0.3 is 29.7 Å². The van der Waals surface area contributed by atoms with E-state index in [0.29, 0.717) is 21.4 Å². The predicted molar refractivity (Wildman–Crippen MR) is 292 cm³/mol. The molecule has 1 saturated heterocycles. The van der Waals surface area contributed by atoms with E-state index in [1.54, 1.807) is 18.4 Å². The molecule has 0 aliphatic carbocycles. The SMILES string of the molecule is Cc1cc(SCC2=C(C(=O)O)N3C(=O)[C@@H](NC(=O)C(=NOC(=O)c4ccco4)c4csc(NC(c5ccccc5)(c5ccccc5)c5ccccc5)n4)[C@H]3SC2)n2nc(C(=O)OC(c3ccccc3)c3ccccc3)nc2n1. The fourth-order valence-corrected chi connectivity index (χ4v) is 12.5. The number of amides is 2. The Morgan fingerprint density at radius 3 is 1.99 bits per heavy atom. The summed E-state index contributed by atoms with van der Waals surface area (Å²) in [6, 6.07) is 51.5. The molecule has 18 nitrogen and oxygen atoms in total. The molecule has 5 aromatic carbocycles. The van der Waals surface area contributed by atoms with Gasteiger partial charge in [-0.1, -0.05) is 157 Å². The smallest absolute Gasteiger partial charge is 0.400 e. The summed E-state index contributed by atoms with van der Waals surface area (Å²) in [6.45, 7) is 1.76. The molecule has 6 heterocycles. The zero-order chi connectivity index (χ0) is 53.8. The number of nitrogens with one attached hydrogen (secondary N) is 2. The van der Waals surface area contributed by atoms with Crippen LogP contribution >= 0.6 is 34.9 Å². The second kappa shape index (κ2) is 22.2. The molecule has 2 aliphatic rings. The van der Waals surface area contributed by atoms with Crippen LogP contribution in [-0.2, 0) is 29.5 Å². The number of rotatable bonds is 18. The number of carboxylic acid groups (broad SMARTS) is 1. The molecule has 2 aliphatic heterocycles. The maximum Gasteiger partial charge on any atom is 0.400 e. The third kappa shape index (κ3) is 10.2. The van der Waals surface area contributed by atoms with Crippen LogP contribution in [0.5, 0.6) is 0 Å². The van der Waals surface area contributed by atoms with Crippen molar-refractivity contribution in [2.45, 2.75) is 35.0 Å². The van der Waals surface area contributed by atoms with E-state index in [2.05, 4.69) is 30.9 Å². The minimum absolute atomic E-state index is 0.0149. The number of aliphatic carboxylic acids is 1. The Morgan fingerprint density at radius 2 is 1.41 bits per heavy atom. The Kier molecular flexibility index (Phi) is 14.5. The van der Waals surface area contributed by atoms with Gasteiger partial charge in [0.25, 0.3) is 23.4 Å². The topological polar surface area (TPSA) is 233 Å². The van der Waals surface area contributed by atoms with Crippen LogP contribution in [0.3, 0.4) is 0 Å². The summed E-state index contributed by atoms with van der Waals surface area (Å²) in [6.07, 6.45) is 0.542. The zero-order valence-electron chi connectivity index (χ0n) is 41.0. The molecule has 21 heteroatoms. The van der Waals surface area contributed by atoms with Gasteiger partial charge in [-0.2, -0.15) is 9.50 Å². The summed E-state index contributed by atoms with van der Waals surface area (Å²) < 4.78 is 12.6. The highest BCUT2D eigenvalue weighted by molar-refractivity contribution is 8.01. The van der Waals surface area contributed by atoms with Gasteiger partial charge in [0, 0.05) is 22.6 Å². The van der Waals surface area contributed by atoms with Crippen molar-refractivity contribution in [2.24, 2.45) is 5.16 Å². The van der Waals surface area contributed by atoms with Gasteiger partial charge in [-0.05, 0) is 58.5 Å². The molecular formula is C57H43N9O9S3. The van der Waals surface area contributed by atoms with Crippen LogP contribution in [0.25, 0.3) is 5.78 Å². The number of anilines is 1. The number of β-lactam (4-membered cyclic amide) rings is 1. The van der Waals surface area contributed by atoms with Gasteiger partial charge in [-0.3, -0.25) is 14.5 Å². The Morgan fingerprint density at radius 1 is 0.808 bits per heavy atom. The minimum Gasteiger partial charge on any atom is -0.477 e. The quantitative estimate of drug-likeness (QED) is 0.0106. The number of thiazole rings is 1. The van der Waals surface area contributed by atoms with Crippen LogP contribution in [0.4, 0.5) is 5.13 Å². The number of hydrogen-bond donors (Lipinski definition) is 3. The van der Waals surface area contributed by atoms with E-state index in [4.69, 9.17) is 19.0 Å². The highest BCUT2D eigenvalue weighted by atomic mass is 32.2. The van der Waals surface area contributed by atoms with Crippen LogP contribution < -0.4 is 10.6 Å². The fraction of sp³-hybridized carbons (Fsp3) is 0.123. The van der Waals surface area contributed by atoms with Crippen LogP contribution in [0.15, 0.2) is 207 Å². The third-order valence-corrected chi connectivity index (χ3v) is 15.9. The zero-order valence-corrected chi connectivity index (χ0v) is 43.5. The van der Waals surface area contributed by atoms with Gasteiger partial charge in [-0.25, -0.2) is 24.4 Å². The van der Waals surface area contributed by atoms with Crippen molar-refractivity contribution < 1.29 is 43.1 Å². The normalized spacial score (nSPS) is 15.4. The Bertz CT molecular complexity index is 3610. The van der Waals surface area contributed by atoms with Crippen LogP contribution in [-0.4, -0.2) is 92.9 Å². The Labute approximate surface area is 457 Å². The van der Waals surface area contributed by atoms with Crippen molar-refractivity contribution in [2.75, 3.05) is 16.8 Å². The van der Waals surface area contributed by atoms with Gasteiger partial charge in [0.1, 0.15) is 33.4 Å². The van der Waals surface area contributed by atoms with E-state index in [9.17, 15) is 29.1 Å². The molecule has 2 atom stereocenters. The lowest BCUT2D eigenvalue weighted by atomic mass is 9.77. The number of carbonyl (C=O) groups is 5. The molecule has 11 rings (SSSR count).